The zero-order chi connectivity index (χ0) is 12.1. The predicted molar refractivity (Wildman–Crippen MR) is 62.2 cm³/mol. The predicted octanol–water partition coefficient (Wildman–Crippen LogP) is 2.90. The van der Waals surface area contributed by atoms with Crippen LogP contribution in [0.4, 0.5) is 0 Å². The maximum Gasteiger partial charge on any atom is 0.223 e. The van der Waals surface area contributed by atoms with E-state index in [1.807, 2.05) is 24.3 Å². The molecule has 17 heavy (non-hydrogen) atoms. The molecule has 0 spiro atoms. The van der Waals surface area contributed by atoms with Crippen molar-refractivity contribution in [2.24, 2.45) is 5.11 Å². The first-order valence-corrected chi connectivity index (χ1v) is 5.20. The van der Waals surface area contributed by atoms with Crippen LogP contribution in [0, 0.1) is 6.92 Å². The summed E-state index contributed by atoms with van der Waals surface area (Å²) in [6.45, 7) is 2.22. The van der Waals surface area contributed by atoms with Gasteiger partial charge in [0.05, 0.1) is 0 Å². The molecule has 0 bridgehead atoms. The fourth-order valence-corrected chi connectivity index (χ4v) is 1.46. The molecule has 0 radical (unpaired) electrons. The standard InChI is InChI=1S/C11H11N5O/c1-8-14-11(15-17-8)10-4-2-9(3-5-10)6-7-13-16-12/h2-5H,6-7H2,1H3. The van der Waals surface area contributed by atoms with Crippen LogP contribution < -0.4 is 0 Å². The monoisotopic (exact) mass is 229 g/mol. The number of hydrogen-bond donors (Lipinski definition) is 0. The minimum absolute atomic E-state index is 0.469. The smallest absolute Gasteiger partial charge is 0.223 e. The first-order chi connectivity index (χ1) is 8.29. The van der Waals surface area contributed by atoms with Gasteiger partial charge >= 0.3 is 0 Å². The van der Waals surface area contributed by atoms with Crippen molar-refractivity contribution in [3.63, 3.8) is 0 Å². The molecule has 86 valence electrons. The maximum atomic E-state index is 8.17. The normalized spacial score (nSPS) is 9.94. The van der Waals surface area contributed by atoms with Crippen molar-refractivity contribution in [3.8, 4) is 11.4 Å². The lowest BCUT2D eigenvalue weighted by atomic mass is 10.1. The highest BCUT2D eigenvalue weighted by atomic mass is 16.5. The lowest BCUT2D eigenvalue weighted by molar-refractivity contribution is 0.394. The van der Waals surface area contributed by atoms with E-state index in [4.69, 9.17) is 10.1 Å². The van der Waals surface area contributed by atoms with E-state index >= 15 is 0 Å². The summed E-state index contributed by atoms with van der Waals surface area (Å²) in [5, 5.41) is 7.33. The number of benzene rings is 1. The summed E-state index contributed by atoms with van der Waals surface area (Å²) in [7, 11) is 0. The van der Waals surface area contributed by atoms with Crippen molar-refractivity contribution in [2.75, 3.05) is 6.54 Å². The van der Waals surface area contributed by atoms with Crippen molar-refractivity contribution < 1.29 is 4.52 Å². The molecule has 0 aliphatic carbocycles. The second-order valence-corrected chi connectivity index (χ2v) is 3.54. The molecular weight excluding hydrogens is 218 g/mol. The minimum Gasteiger partial charge on any atom is -0.339 e. The van der Waals surface area contributed by atoms with Gasteiger partial charge in [-0.25, -0.2) is 0 Å². The largest absolute Gasteiger partial charge is 0.339 e. The Hall–Kier alpha value is -2.33. The van der Waals surface area contributed by atoms with Crippen LogP contribution in [0.5, 0.6) is 0 Å². The SMILES string of the molecule is Cc1nc(-c2ccc(CCN=[N+]=[N-])cc2)no1. The van der Waals surface area contributed by atoms with E-state index < -0.39 is 0 Å². The van der Waals surface area contributed by atoms with Gasteiger partial charge in [0, 0.05) is 23.9 Å². The van der Waals surface area contributed by atoms with Crippen LogP contribution in [0.3, 0.4) is 0 Å². The minimum atomic E-state index is 0.469. The van der Waals surface area contributed by atoms with E-state index in [9.17, 15) is 0 Å². The molecule has 1 heterocycles. The zero-order valence-corrected chi connectivity index (χ0v) is 9.37. The zero-order valence-electron chi connectivity index (χ0n) is 9.37. The first-order valence-electron chi connectivity index (χ1n) is 5.20. The molecule has 2 rings (SSSR count). The quantitative estimate of drug-likeness (QED) is 0.458. The van der Waals surface area contributed by atoms with E-state index in [0.717, 1.165) is 17.5 Å². The lowest BCUT2D eigenvalue weighted by Crippen LogP contribution is -1.89. The van der Waals surface area contributed by atoms with Crippen molar-refractivity contribution in [3.05, 3.63) is 46.2 Å². The molecule has 0 N–H and O–H groups in total. The van der Waals surface area contributed by atoms with Gasteiger partial charge in [0.2, 0.25) is 11.7 Å². The van der Waals surface area contributed by atoms with Gasteiger partial charge in [-0.3, -0.25) is 0 Å². The molecular formula is C11H11N5O. The van der Waals surface area contributed by atoms with E-state index in [2.05, 4.69) is 20.2 Å². The van der Waals surface area contributed by atoms with Gasteiger partial charge < -0.3 is 4.52 Å². The van der Waals surface area contributed by atoms with E-state index in [1.165, 1.54) is 0 Å². The third-order valence-corrected chi connectivity index (χ3v) is 2.30. The highest BCUT2D eigenvalue weighted by molar-refractivity contribution is 5.54. The highest BCUT2D eigenvalue weighted by Gasteiger charge is 2.04. The van der Waals surface area contributed by atoms with Crippen molar-refractivity contribution in [2.45, 2.75) is 13.3 Å². The Kier molecular flexibility index (Phi) is 3.37. The van der Waals surface area contributed by atoms with E-state index in [1.54, 1.807) is 6.92 Å². The fraction of sp³-hybridized carbons (Fsp3) is 0.273. The number of aromatic nitrogens is 2. The van der Waals surface area contributed by atoms with Crippen LogP contribution in [-0.4, -0.2) is 16.7 Å². The summed E-state index contributed by atoms with van der Waals surface area (Å²) < 4.78 is 4.91. The number of azide groups is 1. The molecule has 0 saturated heterocycles. The Morgan fingerprint density at radius 1 is 1.35 bits per heavy atom. The Balaban J connectivity index is 2.10. The van der Waals surface area contributed by atoms with Gasteiger partial charge in [-0.1, -0.05) is 34.5 Å². The fourth-order valence-electron chi connectivity index (χ4n) is 1.46. The highest BCUT2D eigenvalue weighted by Crippen LogP contribution is 2.16. The third-order valence-electron chi connectivity index (χ3n) is 2.30. The summed E-state index contributed by atoms with van der Waals surface area (Å²) in [5.41, 5.74) is 10.2. The van der Waals surface area contributed by atoms with Gasteiger partial charge in [0.15, 0.2) is 0 Å². The van der Waals surface area contributed by atoms with Crippen molar-refractivity contribution >= 4 is 0 Å². The van der Waals surface area contributed by atoms with Crippen LogP contribution in [0.15, 0.2) is 33.9 Å². The van der Waals surface area contributed by atoms with Crippen LogP contribution in [0.1, 0.15) is 11.5 Å². The molecule has 0 aliphatic rings. The summed E-state index contributed by atoms with van der Waals surface area (Å²) in [4.78, 5) is 6.85. The summed E-state index contributed by atoms with van der Waals surface area (Å²) in [5.74, 6) is 1.14. The van der Waals surface area contributed by atoms with Gasteiger partial charge in [-0.2, -0.15) is 4.98 Å². The van der Waals surface area contributed by atoms with Gasteiger partial charge in [0.1, 0.15) is 0 Å². The van der Waals surface area contributed by atoms with E-state index in [0.29, 0.717) is 18.3 Å². The molecule has 0 unspecified atom stereocenters. The molecule has 6 nitrogen and oxygen atoms in total. The molecule has 0 saturated carbocycles. The lowest BCUT2D eigenvalue weighted by Gasteiger charge is -1.98. The van der Waals surface area contributed by atoms with Gasteiger partial charge in [0.25, 0.3) is 0 Å². The maximum absolute atomic E-state index is 8.17. The summed E-state index contributed by atoms with van der Waals surface area (Å²) in [6, 6.07) is 7.78. The Bertz CT molecular complexity index is 539. The molecule has 0 atom stereocenters. The van der Waals surface area contributed by atoms with E-state index in [-0.39, 0.29) is 0 Å². The van der Waals surface area contributed by atoms with Crippen molar-refractivity contribution in [1.29, 1.82) is 0 Å². The Morgan fingerprint density at radius 3 is 2.71 bits per heavy atom. The topological polar surface area (TPSA) is 87.7 Å². The average Bonchev–Trinajstić information content (AvgIpc) is 2.77. The second kappa shape index (κ2) is 5.14. The number of rotatable bonds is 4. The number of hydrogen-bond acceptors (Lipinski definition) is 4. The van der Waals surface area contributed by atoms with Crippen LogP contribution in [0.2, 0.25) is 0 Å². The molecule has 1 aromatic heterocycles. The Morgan fingerprint density at radius 2 is 2.12 bits per heavy atom. The first kappa shape index (κ1) is 11.2. The van der Waals surface area contributed by atoms with Crippen LogP contribution in [-0.2, 0) is 6.42 Å². The third kappa shape index (κ3) is 2.83. The Labute approximate surface area is 97.9 Å². The molecule has 2 aromatic rings. The van der Waals surface area contributed by atoms with Gasteiger partial charge in [-0.05, 0) is 17.5 Å². The summed E-state index contributed by atoms with van der Waals surface area (Å²) >= 11 is 0. The number of nitrogens with zero attached hydrogens (tertiary/aromatic N) is 5. The summed E-state index contributed by atoms with van der Waals surface area (Å²) in [6.07, 6.45) is 0.732. The second-order valence-electron chi connectivity index (χ2n) is 3.54. The average molecular weight is 229 g/mol. The molecule has 0 aliphatic heterocycles. The molecule has 0 fully saturated rings. The van der Waals surface area contributed by atoms with Gasteiger partial charge in [-0.15, -0.1) is 0 Å². The van der Waals surface area contributed by atoms with Crippen molar-refractivity contribution in [1.82, 2.24) is 10.1 Å². The molecule has 1 aromatic carbocycles. The number of aryl methyl sites for hydroxylation is 1. The molecule has 0 amide bonds. The van der Waals surface area contributed by atoms with Crippen LogP contribution >= 0.6 is 0 Å². The van der Waals surface area contributed by atoms with Crippen LogP contribution in [0.25, 0.3) is 21.8 Å². The molecule has 6 heteroatoms.